The van der Waals surface area contributed by atoms with Gasteiger partial charge in [-0.25, -0.2) is 12.4 Å². The lowest BCUT2D eigenvalue weighted by Crippen LogP contribution is -2.15. The van der Waals surface area contributed by atoms with Crippen LogP contribution in [0.2, 0.25) is 0 Å². The zero-order valence-electron chi connectivity index (χ0n) is 15.8. The average molecular weight is 434 g/mol. The van der Waals surface area contributed by atoms with E-state index in [-0.39, 0.29) is 16.2 Å². The Hall–Kier alpha value is -2.91. The molecule has 7 nitrogen and oxygen atoms in total. The molecule has 3 rings (SSSR count). The Morgan fingerprint density at radius 1 is 0.828 bits per heavy atom. The fraction of sp³-hybridized carbons (Fsp3) is 0.150. The van der Waals surface area contributed by atoms with Gasteiger partial charge in [0.1, 0.15) is 4.90 Å². The first kappa shape index (κ1) is 20.8. The van der Waals surface area contributed by atoms with Crippen LogP contribution in [-0.2, 0) is 35.5 Å². The van der Waals surface area contributed by atoms with Crippen molar-refractivity contribution in [1.82, 2.24) is 3.97 Å². The number of aryl methyl sites for hydroxylation is 2. The van der Waals surface area contributed by atoms with Crippen LogP contribution in [0.15, 0.2) is 76.8 Å². The third kappa shape index (κ3) is 4.75. The molecule has 0 amide bonds. The highest BCUT2D eigenvalue weighted by Gasteiger charge is 2.22. The van der Waals surface area contributed by atoms with Gasteiger partial charge < -0.3 is 4.18 Å². The molecule has 0 aliphatic heterocycles. The summed E-state index contributed by atoms with van der Waals surface area (Å²) in [4.78, 5) is 12.1. The minimum Gasteiger partial charge on any atom is -0.342 e. The van der Waals surface area contributed by atoms with Crippen molar-refractivity contribution >= 4 is 26.1 Å². The van der Waals surface area contributed by atoms with Crippen LogP contribution in [0.4, 0.5) is 0 Å². The normalized spacial score (nSPS) is 11.9. The van der Waals surface area contributed by atoms with Crippen molar-refractivity contribution in [3.8, 4) is 0 Å². The van der Waals surface area contributed by atoms with E-state index in [1.165, 1.54) is 42.7 Å². The Balaban J connectivity index is 1.73. The number of hydrogen-bond acceptors (Lipinski definition) is 6. The highest BCUT2D eigenvalue weighted by atomic mass is 32.2. The lowest BCUT2D eigenvalue weighted by atomic mass is 10.2. The van der Waals surface area contributed by atoms with E-state index in [1.54, 1.807) is 31.2 Å². The summed E-state index contributed by atoms with van der Waals surface area (Å²) in [5.41, 5.74) is 2.10. The van der Waals surface area contributed by atoms with Crippen molar-refractivity contribution in [2.24, 2.45) is 0 Å². The molecule has 0 saturated carbocycles. The first-order chi connectivity index (χ1) is 13.6. The maximum absolute atomic E-state index is 12.6. The standard InChI is InChI=1S/C20H19NO6S2/c1-15-3-7-18(8-4-15)28(23,24)21-12-11-17(14-21)13-20(22)27-29(25,26)19-9-5-16(2)6-10-19/h3-12,14H,13H2,1-2H3. The van der Waals surface area contributed by atoms with Gasteiger partial charge in [0.05, 0.1) is 11.3 Å². The van der Waals surface area contributed by atoms with E-state index in [2.05, 4.69) is 4.18 Å². The molecule has 0 atom stereocenters. The number of aromatic nitrogens is 1. The molecule has 29 heavy (non-hydrogen) atoms. The largest absolute Gasteiger partial charge is 0.342 e. The van der Waals surface area contributed by atoms with Crippen molar-refractivity contribution in [1.29, 1.82) is 0 Å². The monoisotopic (exact) mass is 433 g/mol. The van der Waals surface area contributed by atoms with Crippen LogP contribution in [-0.4, -0.2) is 26.8 Å². The summed E-state index contributed by atoms with van der Waals surface area (Å²) in [6.07, 6.45) is 2.17. The van der Waals surface area contributed by atoms with E-state index in [4.69, 9.17) is 0 Å². The van der Waals surface area contributed by atoms with E-state index in [0.717, 1.165) is 15.1 Å². The summed E-state index contributed by atoms with van der Waals surface area (Å²) in [6, 6.07) is 13.7. The van der Waals surface area contributed by atoms with E-state index in [1.807, 2.05) is 6.92 Å². The van der Waals surface area contributed by atoms with Gasteiger partial charge in [0.2, 0.25) is 0 Å². The van der Waals surface area contributed by atoms with Gasteiger partial charge >= 0.3 is 16.1 Å². The van der Waals surface area contributed by atoms with E-state index >= 15 is 0 Å². The molecule has 1 aromatic heterocycles. The van der Waals surface area contributed by atoms with Crippen LogP contribution in [0.5, 0.6) is 0 Å². The van der Waals surface area contributed by atoms with Crippen LogP contribution >= 0.6 is 0 Å². The molecular formula is C20H19NO6S2. The molecule has 0 aliphatic rings. The van der Waals surface area contributed by atoms with Gasteiger partial charge in [-0.15, -0.1) is 0 Å². The molecular weight excluding hydrogens is 414 g/mol. The smallest absolute Gasteiger partial charge is 0.341 e. The zero-order chi connectivity index (χ0) is 21.2. The maximum Gasteiger partial charge on any atom is 0.341 e. The first-order valence-corrected chi connectivity index (χ1v) is 11.5. The Morgan fingerprint density at radius 3 is 1.90 bits per heavy atom. The van der Waals surface area contributed by atoms with Crippen LogP contribution in [0.1, 0.15) is 16.7 Å². The third-order valence-electron chi connectivity index (χ3n) is 4.19. The molecule has 0 spiro atoms. The molecule has 152 valence electrons. The zero-order valence-corrected chi connectivity index (χ0v) is 17.4. The summed E-state index contributed by atoms with van der Waals surface area (Å²) >= 11 is 0. The van der Waals surface area contributed by atoms with Crippen molar-refractivity contribution < 1.29 is 25.8 Å². The Bertz CT molecular complexity index is 1240. The van der Waals surface area contributed by atoms with Gasteiger partial charge in [0.25, 0.3) is 10.0 Å². The molecule has 0 bridgehead atoms. The minimum absolute atomic E-state index is 0.106. The van der Waals surface area contributed by atoms with Crippen LogP contribution < -0.4 is 0 Å². The Kier molecular flexibility index (Phi) is 5.63. The molecule has 0 aliphatic carbocycles. The summed E-state index contributed by atoms with van der Waals surface area (Å²) < 4.78 is 55.2. The first-order valence-electron chi connectivity index (χ1n) is 8.61. The van der Waals surface area contributed by atoms with Crippen molar-refractivity contribution in [2.45, 2.75) is 30.1 Å². The quantitative estimate of drug-likeness (QED) is 0.554. The Labute approximate surface area is 169 Å². The maximum atomic E-state index is 12.6. The molecule has 0 N–H and O–H groups in total. The molecule has 0 fully saturated rings. The van der Waals surface area contributed by atoms with E-state index in [0.29, 0.717) is 5.56 Å². The third-order valence-corrected chi connectivity index (χ3v) is 7.09. The number of carbonyl (C=O) groups excluding carboxylic acids is 1. The number of nitrogens with zero attached hydrogens (tertiary/aromatic N) is 1. The second-order valence-corrected chi connectivity index (χ2v) is 9.96. The second kappa shape index (κ2) is 7.84. The van der Waals surface area contributed by atoms with E-state index in [9.17, 15) is 21.6 Å². The van der Waals surface area contributed by atoms with Crippen molar-refractivity contribution in [2.75, 3.05) is 0 Å². The predicted octanol–water partition coefficient (Wildman–Crippen LogP) is 2.82. The van der Waals surface area contributed by atoms with Crippen LogP contribution in [0, 0.1) is 13.8 Å². The van der Waals surface area contributed by atoms with Gasteiger partial charge in [-0.05, 0) is 49.7 Å². The van der Waals surface area contributed by atoms with Crippen molar-refractivity contribution in [3.05, 3.63) is 83.7 Å². The van der Waals surface area contributed by atoms with Crippen LogP contribution in [0.25, 0.3) is 0 Å². The van der Waals surface area contributed by atoms with Crippen molar-refractivity contribution in [3.63, 3.8) is 0 Å². The summed E-state index contributed by atoms with van der Waals surface area (Å²) in [6.45, 7) is 3.65. The SMILES string of the molecule is Cc1ccc(S(=O)(=O)OC(=O)Cc2ccn(S(=O)(=O)c3ccc(C)cc3)c2)cc1. The summed E-state index contributed by atoms with van der Waals surface area (Å²) in [5, 5.41) is 0. The van der Waals surface area contributed by atoms with Gasteiger partial charge in [0.15, 0.2) is 0 Å². The van der Waals surface area contributed by atoms with E-state index < -0.39 is 26.1 Å². The van der Waals surface area contributed by atoms with Gasteiger partial charge in [0, 0.05) is 12.4 Å². The topological polar surface area (TPSA) is 99.5 Å². The van der Waals surface area contributed by atoms with Gasteiger partial charge in [-0.3, -0.25) is 4.79 Å². The molecule has 3 aromatic rings. The average Bonchev–Trinajstić information content (AvgIpc) is 3.11. The van der Waals surface area contributed by atoms with Gasteiger partial charge in [-0.1, -0.05) is 35.4 Å². The molecule has 9 heteroatoms. The van der Waals surface area contributed by atoms with Gasteiger partial charge in [-0.2, -0.15) is 8.42 Å². The van der Waals surface area contributed by atoms with Crippen LogP contribution in [0.3, 0.4) is 0 Å². The highest BCUT2D eigenvalue weighted by Crippen LogP contribution is 2.18. The highest BCUT2D eigenvalue weighted by molar-refractivity contribution is 7.90. The molecule has 2 aromatic carbocycles. The summed E-state index contributed by atoms with van der Waals surface area (Å²) in [5.74, 6) is -1.00. The molecule has 1 heterocycles. The number of benzene rings is 2. The molecule has 0 radical (unpaired) electrons. The fourth-order valence-electron chi connectivity index (χ4n) is 2.58. The molecule has 0 unspecified atom stereocenters. The Morgan fingerprint density at radius 2 is 1.34 bits per heavy atom. The fourth-order valence-corrected chi connectivity index (χ4v) is 4.66. The minimum atomic E-state index is -4.24. The lowest BCUT2D eigenvalue weighted by Gasteiger charge is -2.06. The number of rotatable bonds is 6. The summed E-state index contributed by atoms with van der Waals surface area (Å²) in [7, 11) is -8.05. The second-order valence-electron chi connectivity index (χ2n) is 6.57. The molecule has 0 saturated heterocycles. The predicted molar refractivity (Wildman–Crippen MR) is 106 cm³/mol. The number of carbonyl (C=O) groups is 1. The number of hydrogen-bond donors (Lipinski definition) is 0. The lowest BCUT2D eigenvalue weighted by molar-refractivity contribution is -0.133.